The van der Waals surface area contributed by atoms with Crippen molar-refractivity contribution in [2.45, 2.75) is 26.8 Å². The summed E-state index contributed by atoms with van der Waals surface area (Å²) in [5.41, 5.74) is 2.42. The van der Waals surface area contributed by atoms with Crippen LogP contribution in [0.25, 0.3) is 0 Å². The van der Waals surface area contributed by atoms with Crippen LogP contribution in [0.5, 0.6) is 0 Å². The van der Waals surface area contributed by atoms with Crippen LogP contribution in [0.15, 0.2) is 24.3 Å². The Morgan fingerprint density at radius 2 is 2.00 bits per heavy atom. The van der Waals surface area contributed by atoms with Crippen molar-refractivity contribution in [1.29, 1.82) is 0 Å². The second-order valence-electron chi connectivity index (χ2n) is 4.32. The highest BCUT2D eigenvalue weighted by atomic mass is 32.2. The first kappa shape index (κ1) is 14.2. The zero-order valence-electron chi connectivity index (χ0n) is 10.6. The summed E-state index contributed by atoms with van der Waals surface area (Å²) in [6.07, 6.45) is 0.695. The van der Waals surface area contributed by atoms with E-state index in [0.29, 0.717) is 18.7 Å². The fourth-order valence-corrected chi connectivity index (χ4v) is 2.98. The van der Waals surface area contributed by atoms with Crippen molar-refractivity contribution < 1.29 is 8.42 Å². The zero-order chi connectivity index (χ0) is 12.7. The number of benzene rings is 1. The molecule has 4 heteroatoms. The maximum absolute atomic E-state index is 11.5. The molecule has 1 N–H and O–H groups in total. The number of nitrogens with one attached hydrogen (secondary N) is 1. The van der Waals surface area contributed by atoms with Crippen LogP contribution in [0.3, 0.4) is 0 Å². The fourth-order valence-electron chi connectivity index (χ4n) is 1.70. The van der Waals surface area contributed by atoms with Crippen LogP contribution in [0.2, 0.25) is 0 Å². The van der Waals surface area contributed by atoms with E-state index in [4.69, 9.17) is 0 Å². The van der Waals surface area contributed by atoms with E-state index in [-0.39, 0.29) is 5.75 Å². The molecule has 0 bridgehead atoms. The Morgan fingerprint density at radius 3 is 2.65 bits per heavy atom. The van der Waals surface area contributed by atoms with Crippen molar-refractivity contribution in [3.8, 4) is 0 Å². The molecule has 0 aliphatic carbocycles. The Kier molecular flexibility index (Phi) is 5.65. The summed E-state index contributed by atoms with van der Waals surface area (Å²) in [7, 11) is -2.86. The van der Waals surface area contributed by atoms with Gasteiger partial charge in [0.15, 0.2) is 9.84 Å². The van der Waals surface area contributed by atoms with Crippen molar-refractivity contribution in [2.75, 3.05) is 18.1 Å². The molecule has 0 radical (unpaired) electrons. The molecule has 0 saturated carbocycles. The van der Waals surface area contributed by atoms with Gasteiger partial charge in [-0.05, 0) is 18.9 Å². The van der Waals surface area contributed by atoms with Crippen LogP contribution in [-0.2, 0) is 16.4 Å². The van der Waals surface area contributed by atoms with Gasteiger partial charge < -0.3 is 5.32 Å². The van der Waals surface area contributed by atoms with Crippen LogP contribution in [-0.4, -0.2) is 26.5 Å². The summed E-state index contributed by atoms with van der Waals surface area (Å²) in [5, 5.41) is 3.16. The van der Waals surface area contributed by atoms with Gasteiger partial charge in [-0.3, -0.25) is 0 Å². The summed E-state index contributed by atoms with van der Waals surface area (Å²) in [4.78, 5) is 0. The lowest BCUT2D eigenvalue weighted by molar-refractivity contribution is 0.589. The average Bonchev–Trinajstić information content (AvgIpc) is 2.24. The quantitative estimate of drug-likeness (QED) is 0.757. The van der Waals surface area contributed by atoms with Crippen molar-refractivity contribution >= 4 is 9.84 Å². The monoisotopic (exact) mass is 255 g/mol. The second-order valence-corrected chi connectivity index (χ2v) is 6.62. The van der Waals surface area contributed by atoms with Crippen LogP contribution in [0.4, 0.5) is 0 Å². The molecule has 0 atom stereocenters. The molecule has 0 aromatic heterocycles. The molecular formula is C13H21NO2S. The van der Waals surface area contributed by atoms with E-state index in [0.717, 1.165) is 6.54 Å². The SMILES string of the molecule is CCCS(=O)(=O)CCNCc1cccc(C)c1. The molecule has 1 rings (SSSR count). The summed E-state index contributed by atoms with van der Waals surface area (Å²) in [6.45, 7) is 5.19. The van der Waals surface area contributed by atoms with Crippen LogP contribution in [0, 0.1) is 6.92 Å². The van der Waals surface area contributed by atoms with Gasteiger partial charge in [-0.2, -0.15) is 0 Å². The first-order valence-corrected chi connectivity index (χ1v) is 7.82. The van der Waals surface area contributed by atoms with Crippen molar-refractivity contribution in [2.24, 2.45) is 0 Å². The van der Waals surface area contributed by atoms with Gasteiger partial charge in [0.25, 0.3) is 0 Å². The van der Waals surface area contributed by atoms with E-state index in [1.165, 1.54) is 11.1 Å². The highest BCUT2D eigenvalue weighted by Crippen LogP contribution is 2.03. The number of rotatable bonds is 7. The third kappa shape index (κ3) is 5.84. The Hall–Kier alpha value is -0.870. The summed E-state index contributed by atoms with van der Waals surface area (Å²) in [5.74, 6) is 0.520. The Morgan fingerprint density at radius 1 is 1.24 bits per heavy atom. The minimum Gasteiger partial charge on any atom is -0.312 e. The maximum Gasteiger partial charge on any atom is 0.151 e. The molecule has 17 heavy (non-hydrogen) atoms. The third-order valence-electron chi connectivity index (χ3n) is 2.52. The van der Waals surface area contributed by atoms with E-state index in [2.05, 4.69) is 24.4 Å². The lowest BCUT2D eigenvalue weighted by atomic mass is 10.1. The summed E-state index contributed by atoms with van der Waals surface area (Å²) < 4.78 is 22.9. The standard InChI is InChI=1S/C13H21NO2S/c1-3-8-17(15,16)9-7-14-11-13-6-4-5-12(2)10-13/h4-6,10,14H,3,7-9,11H2,1-2H3. The minimum absolute atomic E-state index is 0.229. The molecule has 0 heterocycles. The molecule has 0 aliphatic heterocycles. The third-order valence-corrected chi connectivity index (χ3v) is 4.37. The smallest absolute Gasteiger partial charge is 0.151 e. The van der Waals surface area contributed by atoms with Gasteiger partial charge in [-0.25, -0.2) is 8.42 Å². The maximum atomic E-state index is 11.5. The van der Waals surface area contributed by atoms with Crippen molar-refractivity contribution in [3.05, 3.63) is 35.4 Å². The molecule has 3 nitrogen and oxygen atoms in total. The van der Waals surface area contributed by atoms with Gasteiger partial charge in [0, 0.05) is 18.8 Å². The Bertz CT molecular complexity index is 440. The van der Waals surface area contributed by atoms with E-state index in [9.17, 15) is 8.42 Å². The van der Waals surface area contributed by atoms with Gasteiger partial charge in [-0.1, -0.05) is 36.8 Å². The van der Waals surface area contributed by atoms with E-state index in [1.54, 1.807) is 0 Å². The largest absolute Gasteiger partial charge is 0.312 e. The van der Waals surface area contributed by atoms with Crippen LogP contribution < -0.4 is 5.32 Å². The molecule has 1 aromatic rings. The Labute approximate surface area is 104 Å². The molecule has 96 valence electrons. The number of hydrogen-bond acceptors (Lipinski definition) is 3. The topological polar surface area (TPSA) is 46.2 Å². The Balaban J connectivity index is 2.29. The predicted molar refractivity (Wildman–Crippen MR) is 71.8 cm³/mol. The highest BCUT2D eigenvalue weighted by Gasteiger charge is 2.07. The lowest BCUT2D eigenvalue weighted by Crippen LogP contribution is -2.24. The number of hydrogen-bond donors (Lipinski definition) is 1. The van der Waals surface area contributed by atoms with E-state index < -0.39 is 9.84 Å². The molecule has 0 amide bonds. The van der Waals surface area contributed by atoms with Crippen molar-refractivity contribution in [3.63, 3.8) is 0 Å². The van der Waals surface area contributed by atoms with Gasteiger partial charge in [0.2, 0.25) is 0 Å². The van der Waals surface area contributed by atoms with Gasteiger partial charge in [0.1, 0.15) is 0 Å². The summed E-state index contributed by atoms with van der Waals surface area (Å²) >= 11 is 0. The van der Waals surface area contributed by atoms with Crippen LogP contribution in [0.1, 0.15) is 24.5 Å². The molecule has 0 aliphatic rings. The van der Waals surface area contributed by atoms with Gasteiger partial charge in [0.05, 0.1) is 5.75 Å². The average molecular weight is 255 g/mol. The summed E-state index contributed by atoms with van der Waals surface area (Å²) in [6, 6.07) is 8.21. The van der Waals surface area contributed by atoms with Gasteiger partial charge >= 0.3 is 0 Å². The predicted octanol–water partition coefficient (Wildman–Crippen LogP) is 1.91. The molecular weight excluding hydrogens is 234 g/mol. The lowest BCUT2D eigenvalue weighted by Gasteiger charge is -2.06. The van der Waals surface area contributed by atoms with Gasteiger partial charge in [-0.15, -0.1) is 0 Å². The molecule has 0 spiro atoms. The molecule has 1 aromatic carbocycles. The first-order valence-electron chi connectivity index (χ1n) is 6.00. The minimum atomic E-state index is -2.86. The normalized spacial score (nSPS) is 11.6. The molecule has 0 saturated heterocycles. The van der Waals surface area contributed by atoms with E-state index >= 15 is 0 Å². The fraction of sp³-hybridized carbons (Fsp3) is 0.538. The molecule has 0 unspecified atom stereocenters. The van der Waals surface area contributed by atoms with Crippen molar-refractivity contribution in [1.82, 2.24) is 5.32 Å². The number of sulfone groups is 1. The second kappa shape index (κ2) is 6.77. The highest BCUT2D eigenvalue weighted by molar-refractivity contribution is 7.91. The van der Waals surface area contributed by atoms with Crippen LogP contribution >= 0.6 is 0 Å². The molecule has 0 fully saturated rings. The first-order chi connectivity index (χ1) is 8.03. The number of aryl methyl sites for hydroxylation is 1. The zero-order valence-corrected chi connectivity index (χ0v) is 11.4. The van der Waals surface area contributed by atoms with E-state index in [1.807, 2.05) is 19.1 Å².